The second-order valence-electron chi connectivity index (χ2n) is 7.39. The molecule has 3 amide bonds. The van der Waals surface area contributed by atoms with E-state index in [0.717, 1.165) is 32.0 Å². The van der Waals surface area contributed by atoms with Crippen molar-refractivity contribution in [2.24, 2.45) is 11.3 Å². The van der Waals surface area contributed by atoms with Crippen LogP contribution in [0.4, 0.5) is 4.79 Å². The highest BCUT2D eigenvalue weighted by Crippen LogP contribution is 2.34. The number of imide groups is 1. The third kappa shape index (κ3) is 4.43. The number of hydrogen-bond acceptors (Lipinski definition) is 3. The lowest BCUT2D eigenvalue weighted by molar-refractivity contribution is -0.125. The number of carbonyl (C=O) groups excluding carboxylic acids is 2. The molecule has 21 heavy (non-hydrogen) atoms. The molecule has 2 fully saturated rings. The summed E-state index contributed by atoms with van der Waals surface area (Å²) in [7, 11) is 0. The van der Waals surface area contributed by atoms with Crippen LogP contribution < -0.4 is 5.32 Å². The van der Waals surface area contributed by atoms with Crippen LogP contribution in [0, 0.1) is 11.3 Å². The largest absolute Gasteiger partial charge is 0.329 e. The Bertz CT molecular complexity index is 373. The molecule has 0 aromatic rings. The van der Waals surface area contributed by atoms with Gasteiger partial charge >= 0.3 is 6.03 Å². The third-order valence-corrected chi connectivity index (χ3v) is 4.84. The maximum atomic E-state index is 11.5. The lowest BCUT2D eigenvalue weighted by atomic mass is 9.77. The van der Waals surface area contributed by atoms with Crippen LogP contribution in [0.2, 0.25) is 0 Å². The van der Waals surface area contributed by atoms with E-state index >= 15 is 0 Å². The molecule has 1 unspecified atom stereocenters. The van der Waals surface area contributed by atoms with E-state index in [-0.39, 0.29) is 18.5 Å². The van der Waals surface area contributed by atoms with Crippen LogP contribution >= 0.6 is 0 Å². The van der Waals surface area contributed by atoms with Crippen LogP contribution in [0.15, 0.2) is 0 Å². The highest BCUT2D eigenvalue weighted by atomic mass is 16.2. The van der Waals surface area contributed by atoms with Crippen LogP contribution in [0.5, 0.6) is 0 Å². The second-order valence-corrected chi connectivity index (χ2v) is 7.39. The van der Waals surface area contributed by atoms with Crippen molar-refractivity contribution in [1.82, 2.24) is 15.1 Å². The first-order valence-corrected chi connectivity index (χ1v) is 8.18. The molecule has 0 aromatic carbocycles. The Morgan fingerprint density at radius 1 is 1.14 bits per heavy atom. The maximum Gasteiger partial charge on any atom is 0.324 e. The van der Waals surface area contributed by atoms with E-state index in [9.17, 15) is 9.59 Å². The third-order valence-electron chi connectivity index (χ3n) is 4.84. The first-order valence-electron chi connectivity index (χ1n) is 8.18. The molecule has 5 heteroatoms. The number of urea groups is 1. The molecule has 2 aliphatic heterocycles. The van der Waals surface area contributed by atoms with Crippen LogP contribution in [0.25, 0.3) is 0 Å². The Kier molecular flexibility index (Phi) is 5.25. The van der Waals surface area contributed by atoms with Crippen molar-refractivity contribution in [3.63, 3.8) is 0 Å². The van der Waals surface area contributed by atoms with Crippen LogP contribution in [-0.4, -0.2) is 54.5 Å². The fourth-order valence-electron chi connectivity index (χ4n) is 3.38. The van der Waals surface area contributed by atoms with Gasteiger partial charge in [-0.3, -0.25) is 9.69 Å². The predicted octanol–water partition coefficient (Wildman–Crippen LogP) is 2.08. The number of hydrogen-bond donors (Lipinski definition) is 1. The summed E-state index contributed by atoms with van der Waals surface area (Å²) in [5.41, 5.74) is 0.399. The van der Waals surface area contributed by atoms with Crippen LogP contribution in [0.1, 0.15) is 46.5 Å². The number of carbonyl (C=O) groups is 2. The van der Waals surface area contributed by atoms with E-state index in [1.807, 2.05) is 0 Å². The predicted molar refractivity (Wildman–Crippen MR) is 83.0 cm³/mol. The van der Waals surface area contributed by atoms with Crippen molar-refractivity contribution in [2.75, 3.05) is 32.7 Å². The monoisotopic (exact) mass is 295 g/mol. The van der Waals surface area contributed by atoms with Gasteiger partial charge in [-0.1, -0.05) is 20.8 Å². The standard InChI is InChI=1S/C16H29N3O2/c1-16(2,3)13-6-4-8-18(11-7-13)9-5-10-19-14(20)12-17-15(19)21/h13H,4-12H2,1-3H3,(H,17,21). The van der Waals surface area contributed by atoms with Gasteiger partial charge in [-0.25, -0.2) is 4.79 Å². The molecule has 0 radical (unpaired) electrons. The SMILES string of the molecule is CC(C)(C)C1CCCN(CCCN2C(=O)CNC2=O)CC1. The maximum absolute atomic E-state index is 11.5. The summed E-state index contributed by atoms with van der Waals surface area (Å²) in [6, 6.07) is -0.233. The van der Waals surface area contributed by atoms with Gasteiger partial charge in [0.2, 0.25) is 5.91 Å². The molecule has 0 aromatic heterocycles. The van der Waals surface area contributed by atoms with Crippen molar-refractivity contribution >= 4 is 11.9 Å². The van der Waals surface area contributed by atoms with Crippen molar-refractivity contribution in [3.8, 4) is 0 Å². The Labute approximate surface area is 128 Å². The summed E-state index contributed by atoms with van der Waals surface area (Å²) in [5, 5.41) is 2.56. The number of nitrogens with one attached hydrogen (secondary N) is 1. The summed E-state index contributed by atoms with van der Waals surface area (Å²) in [6.45, 7) is 11.0. The van der Waals surface area contributed by atoms with Gasteiger partial charge in [-0.15, -0.1) is 0 Å². The number of likely N-dealkylation sites (tertiary alicyclic amines) is 1. The number of nitrogens with zero attached hydrogens (tertiary/aromatic N) is 2. The second kappa shape index (κ2) is 6.77. The molecular weight excluding hydrogens is 266 g/mol. The van der Waals surface area contributed by atoms with Crippen molar-refractivity contribution in [2.45, 2.75) is 46.5 Å². The van der Waals surface area contributed by atoms with Crippen molar-refractivity contribution in [3.05, 3.63) is 0 Å². The molecule has 2 saturated heterocycles. The van der Waals surface area contributed by atoms with Crippen LogP contribution in [-0.2, 0) is 4.79 Å². The van der Waals surface area contributed by atoms with E-state index in [1.165, 1.54) is 24.2 Å². The van der Waals surface area contributed by atoms with Gasteiger partial charge in [-0.05, 0) is 56.7 Å². The minimum atomic E-state index is -0.233. The first kappa shape index (κ1) is 16.3. The van der Waals surface area contributed by atoms with E-state index in [2.05, 4.69) is 31.0 Å². The molecule has 1 N–H and O–H groups in total. The molecule has 2 rings (SSSR count). The smallest absolute Gasteiger partial charge is 0.324 e. The summed E-state index contributed by atoms with van der Waals surface area (Å²) in [5.74, 6) is 0.706. The fourth-order valence-corrected chi connectivity index (χ4v) is 3.38. The molecule has 0 bridgehead atoms. The Balaban J connectivity index is 1.72. The lowest BCUT2D eigenvalue weighted by Crippen LogP contribution is -2.35. The minimum absolute atomic E-state index is 0.0938. The molecule has 2 heterocycles. The first-order chi connectivity index (χ1) is 9.88. The van der Waals surface area contributed by atoms with E-state index in [0.29, 0.717) is 12.0 Å². The summed E-state index contributed by atoms with van der Waals surface area (Å²) in [6.07, 6.45) is 4.70. The zero-order valence-electron chi connectivity index (χ0n) is 13.7. The lowest BCUT2D eigenvalue weighted by Gasteiger charge is -2.29. The zero-order valence-corrected chi connectivity index (χ0v) is 13.7. The summed E-state index contributed by atoms with van der Waals surface area (Å²) >= 11 is 0. The quantitative estimate of drug-likeness (QED) is 0.808. The molecule has 2 aliphatic rings. The Morgan fingerprint density at radius 2 is 1.90 bits per heavy atom. The molecule has 0 saturated carbocycles. The van der Waals surface area contributed by atoms with E-state index < -0.39 is 0 Å². The van der Waals surface area contributed by atoms with Gasteiger partial charge in [0.25, 0.3) is 0 Å². The average Bonchev–Trinajstić information content (AvgIpc) is 2.64. The number of amides is 3. The molecule has 0 spiro atoms. The van der Waals surface area contributed by atoms with Gasteiger partial charge in [0.05, 0.1) is 6.54 Å². The van der Waals surface area contributed by atoms with Crippen molar-refractivity contribution in [1.29, 1.82) is 0 Å². The summed E-state index contributed by atoms with van der Waals surface area (Å²) < 4.78 is 0. The number of rotatable bonds is 4. The average molecular weight is 295 g/mol. The molecule has 5 nitrogen and oxygen atoms in total. The Morgan fingerprint density at radius 3 is 2.52 bits per heavy atom. The molecule has 0 aliphatic carbocycles. The van der Waals surface area contributed by atoms with Crippen LogP contribution in [0.3, 0.4) is 0 Å². The van der Waals surface area contributed by atoms with E-state index in [4.69, 9.17) is 0 Å². The van der Waals surface area contributed by atoms with Gasteiger partial charge in [0.1, 0.15) is 0 Å². The fraction of sp³-hybridized carbons (Fsp3) is 0.875. The van der Waals surface area contributed by atoms with Gasteiger partial charge < -0.3 is 10.2 Å². The zero-order chi connectivity index (χ0) is 15.5. The minimum Gasteiger partial charge on any atom is -0.329 e. The van der Waals surface area contributed by atoms with Crippen molar-refractivity contribution < 1.29 is 9.59 Å². The van der Waals surface area contributed by atoms with Gasteiger partial charge in [0, 0.05) is 6.54 Å². The van der Waals surface area contributed by atoms with Gasteiger partial charge in [-0.2, -0.15) is 0 Å². The molecule has 120 valence electrons. The topological polar surface area (TPSA) is 52.6 Å². The summed E-state index contributed by atoms with van der Waals surface area (Å²) in [4.78, 5) is 26.8. The van der Waals surface area contributed by atoms with Gasteiger partial charge in [0.15, 0.2) is 0 Å². The normalized spacial score (nSPS) is 25.1. The molecule has 1 atom stereocenters. The Hall–Kier alpha value is -1.10. The van der Waals surface area contributed by atoms with E-state index in [1.54, 1.807) is 0 Å². The molecular formula is C16H29N3O2. The highest BCUT2D eigenvalue weighted by molar-refractivity contribution is 6.01. The highest BCUT2D eigenvalue weighted by Gasteiger charge is 2.29.